The van der Waals surface area contributed by atoms with Crippen molar-refractivity contribution in [3.05, 3.63) is 29.8 Å². The number of benzene rings is 1. The summed E-state index contributed by atoms with van der Waals surface area (Å²) >= 11 is 0. The lowest BCUT2D eigenvalue weighted by Crippen LogP contribution is -2.31. The Morgan fingerprint density at radius 2 is 2.05 bits per heavy atom. The van der Waals surface area contributed by atoms with E-state index < -0.39 is 23.6 Å². The van der Waals surface area contributed by atoms with E-state index in [4.69, 9.17) is 5.11 Å². The third-order valence-electron chi connectivity index (χ3n) is 2.84. The molecule has 1 aromatic carbocycles. The van der Waals surface area contributed by atoms with Crippen molar-refractivity contribution < 1.29 is 23.1 Å². The number of anilines is 1. The van der Waals surface area contributed by atoms with Crippen molar-refractivity contribution >= 4 is 11.7 Å². The zero-order valence-electron chi connectivity index (χ0n) is 10.7. The molecule has 0 aromatic heterocycles. The van der Waals surface area contributed by atoms with Gasteiger partial charge < -0.3 is 10.0 Å². The van der Waals surface area contributed by atoms with E-state index in [0.717, 1.165) is 12.1 Å². The SMILES string of the molecule is CCN(CC(C)C(=O)O)c1cccc(C(F)(F)F)c1. The van der Waals surface area contributed by atoms with Crippen LogP contribution < -0.4 is 4.90 Å². The lowest BCUT2D eigenvalue weighted by atomic mass is 10.1. The molecule has 0 bridgehead atoms. The molecule has 1 aromatic rings. The first kappa shape index (κ1) is 15.3. The van der Waals surface area contributed by atoms with Crippen molar-refractivity contribution in [1.29, 1.82) is 0 Å². The molecule has 0 aliphatic carbocycles. The zero-order chi connectivity index (χ0) is 14.6. The quantitative estimate of drug-likeness (QED) is 0.896. The Hall–Kier alpha value is -1.72. The van der Waals surface area contributed by atoms with Crippen LogP contribution in [0.3, 0.4) is 0 Å². The third kappa shape index (κ3) is 4.15. The van der Waals surface area contributed by atoms with Gasteiger partial charge in [0.05, 0.1) is 11.5 Å². The molecule has 1 atom stereocenters. The van der Waals surface area contributed by atoms with Crippen molar-refractivity contribution in [2.24, 2.45) is 5.92 Å². The van der Waals surface area contributed by atoms with Gasteiger partial charge in [-0.05, 0) is 25.1 Å². The van der Waals surface area contributed by atoms with Crippen LogP contribution in [0, 0.1) is 5.92 Å². The number of alkyl halides is 3. The molecule has 1 N–H and O–H groups in total. The molecule has 0 saturated carbocycles. The fraction of sp³-hybridized carbons (Fsp3) is 0.462. The van der Waals surface area contributed by atoms with E-state index in [9.17, 15) is 18.0 Å². The van der Waals surface area contributed by atoms with Crippen LogP contribution in [0.4, 0.5) is 18.9 Å². The molecule has 1 rings (SSSR count). The van der Waals surface area contributed by atoms with Crippen LogP contribution in [0.5, 0.6) is 0 Å². The molecular weight excluding hydrogens is 259 g/mol. The summed E-state index contributed by atoms with van der Waals surface area (Å²) in [6, 6.07) is 4.91. The summed E-state index contributed by atoms with van der Waals surface area (Å²) in [5, 5.41) is 8.85. The van der Waals surface area contributed by atoms with E-state index >= 15 is 0 Å². The second-order valence-corrected chi connectivity index (χ2v) is 4.33. The molecule has 0 aliphatic rings. The van der Waals surface area contributed by atoms with E-state index in [1.165, 1.54) is 13.0 Å². The predicted molar refractivity (Wildman–Crippen MR) is 66.1 cm³/mol. The van der Waals surface area contributed by atoms with Crippen molar-refractivity contribution in [1.82, 2.24) is 0 Å². The van der Waals surface area contributed by atoms with E-state index in [1.807, 2.05) is 0 Å². The van der Waals surface area contributed by atoms with Crippen LogP contribution in [0.2, 0.25) is 0 Å². The highest BCUT2D eigenvalue weighted by atomic mass is 19.4. The second kappa shape index (κ2) is 5.95. The van der Waals surface area contributed by atoms with Crippen molar-refractivity contribution in [2.45, 2.75) is 20.0 Å². The molecule has 0 fully saturated rings. The van der Waals surface area contributed by atoms with Crippen LogP contribution in [0.15, 0.2) is 24.3 Å². The van der Waals surface area contributed by atoms with Gasteiger partial charge in [0.25, 0.3) is 0 Å². The molecular formula is C13H16F3NO2. The molecule has 0 aliphatic heterocycles. The highest BCUT2D eigenvalue weighted by molar-refractivity contribution is 5.70. The summed E-state index contributed by atoms with van der Waals surface area (Å²) in [5.74, 6) is -1.61. The average molecular weight is 275 g/mol. The lowest BCUT2D eigenvalue weighted by molar-refractivity contribution is -0.141. The maximum Gasteiger partial charge on any atom is 0.416 e. The number of carboxylic acids is 1. The van der Waals surface area contributed by atoms with E-state index in [-0.39, 0.29) is 6.54 Å². The number of hydrogen-bond donors (Lipinski definition) is 1. The highest BCUT2D eigenvalue weighted by Gasteiger charge is 2.30. The van der Waals surface area contributed by atoms with Crippen molar-refractivity contribution in [2.75, 3.05) is 18.0 Å². The number of rotatable bonds is 5. The topological polar surface area (TPSA) is 40.5 Å². The fourth-order valence-electron chi connectivity index (χ4n) is 1.70. The summed E-state index contributed by atoms with van der Waals surface area (Å²) in [6.07, 6.45) is -4.40. The largest absolute Gasteiger partial charge is 0.481 e. The van der Waals surface area contributed by atoms with Gasteiger partial charge in [-0.25, -0.2) is 0 Å². The minimum atomic E-state index is -4.40. The van der Waals surface area contributed by atoms with Crippen molar-refractivity contribution in [3.8, 4) is 0 Å². The standard InChI is InChI=1S/C13H16F3NO2/c1-3-17(8-9(2)12(18)19)11-6-4-5-10(7-11)13(14,15)16/h4-7,9H,3,8H2,1-2H3,(H,18,19). The van der Waals surface area contributed by atoms with Crippen LogP contribution in [0.25, 0.3) is 0 Å². The van der Waals surface area contributed by atoms with Crippen LogP contribution in [-0.2, 0) is 11.0 Å². The Bertz CT molecular complexity index is 446. The molecule has 1 unspecified atom stereocenters. The predicted octanol–water partition coefficient (Wildman–Crippen LogP) is 3.25. The number of nitrogens with zero attached hydrogens (tertiary/aromatic N) is 1. The first-order valence-corrected chi connectivity index (χ1v) is 5.90. The van der Waals surface area contributed by atoms with Gasteiger partial charge in [-0.15, -0.1) is 0 Å². The Morgan fingerprint density at radius 1 is 1.42 bits per heavy atom. The number of aliphatic carboxylic acids is 1. The Morgan fingerprint density at radius 3 is 2.53 bits per heavy atom. The summed E-state index contributed by atoms with van der Waals surface area (Å²) < 4.78 is 37.8. The Balaban J connectivity index is 2.96. The van der Waals surface area contributed by atoms with Gasteiger partial charge in [0.2, 0.25) is 0 Å². The van der Waals surface area contributed by atoms with Gasteiger partial charge in [-0.3, -0.25) is 4.79 Å². The van der Waals surface area contributed by atoms with Crippen LogP contribution in [-0.4, -0.2) is 24.2 Å². The molecule has 0 amide bonds. The first-order valence-electron chi connectivity index (χ1n) is 5.90. The molecule has 19 heavy (non-hydrogen) atoms. The summed E-state index contributed by atoms with van der Waals surface area (Å²) in [7, 11) is 0. The average Bonchev–Trinajstić information content (AvgIpc) is 2.34. The van der Waals surface area contributed by atoms with Crippen LogP contribution in [0.1, 0.15) is 19.4 Å². The minimum absolute atomic E-state index is 0.174. The number of carbonyl (C=O) groups is 1. The molecule has 0 saturated heterocycles. The fourth-order valence-corrected chi connectivity index (χ4v) is 1.70. The molecule has 106 valence electrons. The second-order valence-electron chi connectivity index (χ2n) is 4.33. The van der Waals surface area contributed by atoms with Crippen molar-refractivity contribution in [3.63, 3.8) is 0 Å². The monoisotopic (exact) mass is 275 g/mol. The van der Waals surface area contributed by atoms with Gasteiger partial charge in [0.1, 0.15) is 0 Å². The molecule has 0 radical (unpaired) electrons. The Kier molecular flexibility index (Phi) is 4.80. The lowest BCUT2D eigenvalue weighted by Gasteiger charge is -2.25. The highest BCUT2D eigenvalue weighted by Crippen LogP contribution is 2.31. The summed E-state index contributed by atoms with van der Waals surface area (Å²) in [6.45, 7) is 3.92. The zero-order valence-corrected chi connectivity index (χ0v) is 10.7. The normalized spacial score (nSPS) is 13.1. The Labute approximate surface area is 109 Å². The first-order chi connectivity index (χ1) is 8.75. The van der Waals surface area contributed by atoms with E-state index in [2.05, 4.69) is 0 Å². The summed E-state index contributed by atoms with van der Waals surface area (Å²) in [4.78, 5) is 12.4. The summed E-state index contributed by atoms with van der Waals surface area (Å²) in [5.41, 5.74) is -0.350. The smallest absolute Gasteiger partial charge is 0.416 e. The number of hydrogen-bond acceptors (Lipinski definition) is 2. The number of halogens is 3. The van der Waals surface area contributed by atoms with Gasteiger partial charge in [0.15, 0.2) is 0 Å². The molecule has 3 nitrogen and oxygen atoms in total. The van der Waals surface area contributed by atoms with Gasteiger partial charge in [-0.2, -0.15) is 13.2 Å². The maximum atomic E-state index is 12.6. The van der Waals surface area contributed by atoms with E-state index in [1.54, 1.807) is 17.9 Å². The maximum absolute atomic E-state index is 12.6. The molecule has 0 spiro atoms. The third-order valence-corrected chi connectivity index (χ3v) is 2.84. The molecule has 6 heteroatoms. The van der Waals surface area contributed by atoms with Gasteiger partial charge in [0, 0.05) is 18.8 Å². The number of carboxylic acid groups (broad SMARTS) is 1. The molecule has 0 heterocycles. The van der Waals surface area contributed by atoms with Gasteiger partial charge in [-0.1, -0.05) is 13.0 Å². The van der Waals surface area contributed by atoms with Crippen LogP contribution >= 0.6 is 0 Å². The van der Waals surface area contributed by atoms with E-state index in [0.29, 0.717) is 12.2 Å². The van der Waals surface area contributed by atoms with Gasteiger partial charge >= 0.3 is 12.1 Å². The minimum Gasteiger partial charge on any atom is -0.481 e.